The van der Waals surface area contributed by atoms with Gasteiger partial charge in [0.25, 0.3) is 0 Å². The lowest BCUT2D eigenvalue weighted by atomic mass is 9.91. The van der Waals surface area contributed by atoms with E-state index in [9.17, 15) is 9.50 Å². The van der Waals surface area contributed by atoms with E-state index in [-0.39, 0.29) is 5.82 Å². The topological polar surface area (TPSA) is 20.2 Å². The molecule has 1 nitrogen and oxygen atoms in total. The molecule has 0 aliphatic heterocycles. The number of hydrogen-bond acceptors (Lipinski definition) is 1. The third-order valence-corrected chi connectivity index (χ3v) is 4.39. The Labute approximate surface area is 110 Å². The summed E-state index contributed by atoms with van der Waals surface area (Å²) in [5, 5.41) is 10.5. The fourth-order valence-electron chi connectivity index (χ4n) is 2.75. The van der Waals surface area contributed by atoms with Crippen molar-refractivity contribution in [2.75, 3.05) is 0 Å². The van der Waals surface area contributed by atoms with Gasteiger partial charge in [-0.3, -0.25) is 0 Å². The summed E-state index contributed by atoms with van der Waals surface area (Å²) < 4.78 is 13.6. The highest BCUT2D eigenvalue weighted by atomic mass is 79.9. The Bertz CT molecular complexity index is 407. The molecule has 2 unspecified atom stereocenters. The molecule has 0 saturated heterocycles. The zero-order valence-electron chi connectivity index (χ0n) is 10.0. The van der Waals surface area contributed by atoms with Crippen molar-refractivity contribution in [2.24, 2.45) is 5.92 Å². The molecule has 1 fully saturated rings. The molecule has 1 N–H and O–H groups in total. The smallest absolute Gasteiger partial charge is 0.137 e. The molecule has 3 heteroatoms. The average Bonchev–Trinajstić information content (AvgIpc) is 2.66. The third-order valence-electron chi connectivity index (χ3n) is 3.78. The number of rotatable bonds is 3. The molecule has 0 spiro atoms. The largest absolute Gasteiger partial charge is 0.390 e. The summed E-state index contributed by atoms with van der Waals surface area (Å²) in [6.45, 7) is 2.17. The highest BCUT2D eigenvalue weighted by molar-refractivity contribution is 9.10. The van der Waals surface area contributed by atoms with E-state index in [1.54, 1.807) is 12.1 Å². The quantitative estimate of drug-likeness (QED) is 0.892. The molecule has 1 aliphatic rings. The van der Waals surface area contributed by atoms with Crippen LogP contribution < -0.4 is 0 Å². The molecule has 0 aromatic heterocycles. The molecule has 0 heterocycles. The first-order valence-corrected chi connectivity index (χ1v) is 6.98. The van der Waals surface area contributed by atoms with E-state index in [4.69, 9.17) is 0 Å². The molecule has 1 aliphatic carbocycles. The van der Waals surface area contributed by atoms with Crippen LogP contribution >= 0.6 is 15.9 Å². The van der Waals surface area contributed by atoms with E-state index < -0.39 is 5.60 Å². The minimum Gasteiger partial charge on any atom is -0.390 e. The van der Waals surface area contributed by atoms with E-state index in [1.165, 1.54) is 6.07 Å². The van der Waals surface area contributed by atoms with Gasteiger partial charge in [0.2, 0.25) is 0 Å². The molecule has 17 heavy (non-hydrogen) atoms. The van der Waals surface area contributed by atoms with Crippen molar-refractivity contribution in [3.8, 4) is 0 Å². The van der Waals surface area contributed by atoms with Gasteiger partial charge in [-0.25, -0.2) is 4.39 Å². The van der Waals surface area contributed by atoms with E-state index in [0.29, 0.717) is 16.8 Å². The van der Waals surface area contributed by atoms with Gasteiger partial charge in [-0.2, -0.15) is 0 Å². The van der Waals surface area contributed by atoms with Crippen LogP contribution in [0, 0.1) is 11.7 Å². The zero-order valence-corrected chi connectivity index (χ0v) is 11.6. The van der Waals surface area contributed by atoms with Crippen LogP contribution in [0.5, 0.6) is 0 Å². The van der Waals surface area contributed by atoms with Gasteiger partial charge in [-0.15, -0.1) is 0 Å². The molecular weight excluding hydrogens is 283 g/mol. The summed E-state index contributed by atoms with van der Waals surface area (Å²) in [6, 6.07) is 4.99. The molecule has 0 radical (unpaired) electrons. The number of hydrogen-bond donors (Lipinski definition) is 1. The summed E-state index contributed by atoms with van der Waals surface area (Å²) in [4.78, 5) is 0. The summed E-state index contributed by atoms with van der Waals surface area (Å²) >= 11 is 3.18. The van der Waals surface area contributed by atoms with Crippen LogP contribution in [-0.4, -0.2) is 10.7 Å². The summed E-state index contributed by atoms with van der Waals surface area (Å²) in [5.41, 5.74) is 0.412. The Morgan fingerprint density at radius 3 is 2.88 bits per heavy atom. The van der Waals surface area contributed by atoms with Crippen molar-refractivity contribution in [3.63, 3.8) is 0 Å². The highest BCUT2D eigenvalue weighted by Gasteiger charge is 2.36. The highest BCUT2D eigenvalue weighted by Crippen LogP contribution is 2.38. The lowest BCUT2D eigenvalue weighted by molar-refractivity contribution is 0.0436. The average molecular weight is 301 g/mol. The second-order valence-electron chi connectivity index (χ2n) is 5.17. The minimum absolute atomic E-state index is 0.251. The molecular formula is C14H18BrFO. The Hall–Kier alpha value is -0.410. The number of aliphatic hydroxyl groups is 1. The van der Waals surface area contributed by atoms with Gasteiger partial charge in [0.05, 0.1) is 10.1 Å². The van der Waals surface area contributed by atoms with Crippen molar-refractivity contribution in [1.29, 1.82) is 0 Å². The summed E-state index contributed by atoms with van der Waals surface area (Å²) in [7, 11) is 0. The van der Waals surface area contributed by atoms with Gasteiger partial charge >= 0.3 is 0 Å². The molecule has 1 saturated carbocycles. The first kappa shape index (κ1) is 13.0. The zero-order chi connectivity index (χ0) is 12.5. The van der Waals surface area contributed by atoms with Gasteiger partial charge < -0.3 is 5.11 Å². The Morgan fingerprint density at radius 2 is 2.29 bits per heavy atom. The maximum atomic E-state index is 13.1. The van der Waals surface area contributed by atoms with Crippen molar-refractivity contribution in [3.05, 3.63) is 34.1 Å². The number of benzene rings is 1. The van der Waals surface area contributed by atoms with E-state index in [1.807, 2.05) is 0 Å². The first-order valence-electron chi connectivity index (χ1n) is 6.19. The molecule has 94 valence electrons. The van der Waals surface area contributed by atoms with Crippen molar-refractivity contribution >= 4 is 15.9 Å². The molecule has 1 aromatic rings. The van der Waals surface area contributed by atoms with E-state index >= 15 is 0 Å². The molecule has 2 atom stereocenters. The standard InChI is InChI=1S/C14H18BrFO/c1-2-10-5-6-14(17,8-10)9-11-3-4-13(16)12(15)7-11/h3-4,7,10,17H,2,5-6,8-9H2,1H3. The van der Waals surface area contributed by atoms with Crippen LogP contribution in [0.4, 0.5) is 4.39 Å². The molecule has 1 aromatic carbocycles. The third kappa shape index (κ3) is 3.08. The Balaban J connectivity index is 2.08. The minimum atomic E-state index is -0.585. The van der Waals surface area contributed by atoms with Crippen molar-refractivity contribution < 1.29 is 9.50 Å². The normalized spacial score (nSPS) is 28.6. The van der Waals surface area contributed by atoms with Crippen LogP contribution in [0.3, 0.4) is 0 Å². The summed E-state index contributed by atoms with van der Waals surface area (Å²) in [6.07, 6.45) is 4.60. The van der Waals surface area contributed by atoms with Gasteiger partial charge in [0, 0.05) is 6.42 Å². The predicted octanol–water partition coefficient (Wildman–Crippen LogP) is 4.07. The number of halogens is 2. The van der Waals surface area contributed by atoms with Crippen LogP contribution in [-0.2, 0) is 6.42 Å². The maximum Gasteiger partial charge on any atom is 0.137 e. The van der Waals surface area contributed by atoms with Crippen LogP contribution in [0.1, 0.15) is 38.2 Å². The van der Waals surface area contributed by atoms with Gasteiger partial charge in [0.15, 0.2) is 0 Å². The Morgan fingerprint density at radius 1 is 1.53 bits per heavy atom. The maximum absolute atomic E-state index is 13.1. The molecule has 0 bridgehead atoms. The van der Waals surface area contributed by atoms with E-state index in [0.717, 1.165) is 31.2 Å². The van der Waals surface area contributed by atoms with Gasteiger partial charge in [-0.05, 0) is 58.8 Å². The van der Waals surface area contributed by atoms with Crippen molar-refractivity contribution in [1.82, 2.24) is 0 Å². The first-order chi connectivity index (χ1) is 8.02. The second-order valence-corrected chi connectivity index (χ2v) is 6.02. The Kier molecular flexibility index (Phi) is 3.88. The van der Waals surface area contributed by atoms with Crippen molar-refractivity contribution in [2.45, 2.75) is 44.6 Å². The fourth-order valence-corrected chi connectivity index (χ4v) is 3.18. The van der Waals surface area contributed by atoms with Crippen LogP contribution in [0.25, 0.3) is 0 Å². The molecule has 2 rings (SSSR count). The fraction of sp³-hybridized carbons (Fsp3) is 0.571. The molecule has 0 amide bonds. The monoisotopic (exact) mass is 300 g/mol. The lowest BCUT2D eigenvalue weighted by Gasteiger charge is -2.23. The predicted molar refractivity (Wildman–Crippen MR) is 70.4 cm³/mol. The van der Waals surface area contributed by atoms with Crippen LogP contribution in [0.2, 0.25) is 0 Å². The SMILES string of the molecule is CCC1CCC(O)(Cc2ccc(F)c(Br)c2)C1. The van der Waals surface area contributed by atoms with Gasteiger partial charge in [0.1, 0.15) is 5.82 Å². The van der Waals surface area contributed by atoms with Crippen LogP contribution in [0.15, 0.2) is 22.7 Å². The van der Waals surface area contributed by atoms with Gasteiger partial charge in [-0.1, -0.05) is 19.4 Å². The second kappa shape index (κ2) is 5.07. The lowest BCUT2D eigenvalue weighted by Crippen LogP contribution is -2.27. The van der Waals surface area contributed by atoms with E-state index in [2.05, 4.69) is 22.9 Å². The summed E-state index contributed by atoms with van der Waals surface area (Å²) in [5.74, 6) is 0.391.